The normalized spacial score (nSPS) is 22.4. The van der Waals surface area contributed by atoms with Crippen molar-refractivity contribution in [3.05, 3.63) is 18.4 Å². The number of nitrogens with zero attached hydrogens (tertiary/aromatic N) is 2. The van der Waals surface area contributed by atoms with Gasteiger partial charge in [-0.3, -0.25) is 4.79 Å². The highest BCUT2D eigenvalue weighted by molar-refractivity contribution is 5.73. The summed E-state index contributed by atoms with van der Waals surface area (Å²) in [5, 5.41) is 0. The molecule has 1 aromatic rings. The minimum absolute atomic E-state index is 0.147. The zero-order valence-corrected chi connectivity index (χ0v) is 8.27. The van der Waals surface area contributed by atoms with Crippen molar-refractivity contribution in [3.8, 4) is 0 Å². The summed E-state index contributed by atoms with van der Waals surface area (Å²) in [5.74, 6) is 1.38. The van der Waals surface area contributed by atoms with Crippen LogP contribution in [0.4, 0.5) is 0 Å². The number of likely N-dealkylation sites (tertiary alicyclic amines) is 1. The number of amides is 1. The third-order valence-electron chi connectivity index (χ3n) is 2.72. The molecule has 0 aliphatic carbocycles. The first-order valence-electron chi connectivity index (χ1n) is 4.91. The van der Waals surface area contributed by atoms with Crippen molar-refractivity contribution in [2.24, 2.45) is 0 Å². The van der Waals surface area contributed by atoms with Gasteiger partial charge in [-0.05, 0) is 12.8 Å². The standard InChI is InChI=1S/C10H14N2O2/c1-8(13)12-4-2-3-9(6-12)10-5-11-7-14-10/h5,7,9H,2-4,6H2,1H3. The summed E-state index contributed by atoms with van der Waals surface area (Å²) in [6.45, 7) is 3.26. The van der Waals surface area contributed by atoms with Crippen molar-refractivity contribution >= 4 is 5.91 Å². The minimum Gasteiger partial charge on any atom is -0.448 e. The molecule has 1 atom stereocenters. The smallest absolute Gasteiger partial charge is 0.219 e. The third-order valence-corrected chi connectivity index (χ3v) is 2.72. The van der Waals surface area contributed by atoms with Crippen molar-refractivity contribution in [3.63, 3.8) is 0 Å². The Bertz CT molecular complexity index is 308. The fraction of sp³-hybridized carbons (Fsp3) is 0.600. The zero-order chi connectivity index (χ0) is 9.97. The van der Waals surface area contributed by atoms with Gasteiger partial charge in [-0.2, -0.15) is 0 Å². The van der Waals surface area contributed by atoms with E-state index < -0.39 is 0 Å². The predicted octanol–water partition coefficient (Wildman–Crippen LogP) is 1.40. The molecule has 1 aliphatic rings. The van der Waals surface area contributed by atoms with E-state index in [0.29, 0.717) is 5.92 Å². The maximum Gasteiger partial charge on any atom is 0.219 e. The van der Waals surface area contributed by atoms with Gasteiger partial charge in [-0.1, -0.05) is 0 Å². The van der Waals surface area contributed by atoms with Gasteiger partial charge in [0.05, 0.1) is 6.20 Å². The Morgan fingerprint density at radius 1 is 1.71 bits per heavy atom. The SMILES string of the molecule is CC(=O)N1CCCC(c2cnco2)C1. The zero-order valence-electron chi connectivity index (χ0n) is 8.27. The highest BCUT2D eigenvalue weighted by Crippen LogP contribution is 2.26. The Hall–Kier alpha value is -1.32. The molecule has 1 fully saturated rings. The number of carbonyl (C=O) groups excluding carboxylic acids is 1. The Balaban J connectivity index is 2.04. The molecular formula is C10H14N2O2. The summed E-state index contributed by atoms with van der Waals surface area (Å²) in [4.78, 5) is 17.0. The molecule has 2 heterocycles. The van der Waals surface area contributed by atoms with Gasteiger partial charge in [0.1, 0.15) is 5.76 Å². The van der Waals surface area contributed by atoms with E-state index in [1.54, 1.807) is 13.1 Å². The van der Waals surface area contributed by atoms with Crippen molar-refractivity contribution in [2.75, 3.05) is 13.1 Å². The Labute approximate surface area is 82.9 Å². The molecule has 0 spiro atoms. The summed E-state index contributed by atoms with van der Waals surface area (Å²) in [5.41, 5.74) is 0. The predicted molar refractivity (Wildman–Crippen MR) is 50.7 cm³/mol. The number of piperidine rings is 1. The van der Waals surface area contributed by atoms with Crippen LogP contribution in [0.3, 0.4) is 0 Å². The van der Waals surface area contributed by atoms with Gasteiger partial charge in [0, 0.05) is 25.9 Å². The van der Waals surface area contributed by atoms with Crippen LogP contribution >= 0.6 is 0 Å². The Kier molecular flexibility index (Phi) is 2.52. The fourth-order valence-electron chi connectivity index (χ4n) is 1.92. The second kappa shape index (κ2) is 3.82. The van der Waals surface area contributed by atoms with Crippen molar-refractivity contribution in [2.45, 2.75) is 25.7 Å². The lowest BCUT2D eigenvalue weighted by Crippen LogP contribution is -2.37. The van der Waals surface area contributed by atoms with Gasteiger partial charge in [-0.15, -0.1) is 0 Å². The lowest BCUT2D eigenvalue weighted by atomic mass is 9.96. The average molecular weight is 194 g/mol. The molecule has 0 saturated carbocycles. The van der Waals surface area contributed by atoms with E-state index in [9.17, 15) is 4.79 Å². The van der Waals surface area contributed by atoms with Crippen LogP contribution in [0.2, 0.25) is 0 Å². The first-order valence-corrected chi connectivity index (χ1v) is 4.91. The summed E-state index contributed by atoms with van der Waals surface area (Å²) < 4.78 is 5.25. The maximum atomic E-state index is 11.2. The minimum atomic E-state index is 0.147. The summed E-state index contributed by atoms with van der Waals surface area (Å²) in [6, 6.07) is 0. The number of oxazole rings is 1. The van der Waals surface area contributed by atoms with Crippen LogP contribution in [0, 0.1) is 0 Å². The lowest BCUT2D eigenvalue weighted by molar-refractivity contribution is -0.130. The average Bonchev–Trinajstić information content (AvgIpc) is 2.71. The molecule has 0 bridgehead atoms. The number of aromatic nitrogens is 1. The van der Waals surface area contributed by atoms with E-state index in [-0.39, 0.29) is 5.91 Å². The van der Waals surface area contributed by atoms with E-state index in [4.69, 9.17) is 4.42 Å². The largest absolute Gasteiger partial charge is 0.448 e. The van der Waals surface area contributed by atoms with Crippen LogP contribution in [0.25, 0.3) is 0 Å². The Morgan fingerprint density at radius 3 is 3.21 bits per heavy atom. The van der Waals surface area contributed by atoms with Crippen LogP contribution < -0.4 is 0 Å². The highest BCUT2D eigenvalue weighted by atomic mass is 16.3. The second-order valence-electron chi connectivity index (χ2n) is 3.71. The molecule has 1 unspecified atom stereocenters. The van der Waals surface area contributed by atoms with Crippen molar-refractivity contribution in [1.29, 1.82) is 0 Å². The first kappa shape index (κ1) is 9.24. The molecule has 0 N–H and O–H groups in total. The number of rotatable bonds is 1. The molecule has 1 aliphatic heterocycles. The van der Waals surface area contributed by atoms with Gasteiger partial charge < -0.3 is 9.32 Å². The van der Waals surface area contributed by atoms with E-state index >= 15 is 0 Å². The number of hydrogen-bond donors (Lipinski definition) is 0. The van der Waals surface area contributed by atoms with Gasteiger partial charge in [-0.25, -0.2) is 4.98 Å². The van der Waals surface area contributed by atoms with Crippen molar-refractivity contribution < 1.29 is 9.21 Å². The highest BCUT2D eigenvalue weighted by Gasteiger charge is 2.24. The monoisotopic (exact) mass is 194 g/mol. The second-order valence-corrected chi connectivity index (χ2v) is 3.71. The van der Waals surface area contributed by atoms with Crippen LogP contribution in [-0.4, -0.2) is 28.9 Å². The quantitative estimate of drug-likeness (QED) is 0.678. The van der Waals surface area contributed by atoms with E-state index in [1.165, 1.54) is 6.39 Å². The van der Waals surface area contributed by atoms with E-state index in [2.05, 4.69) is 4.98 Å². The van der Waals surface area contributed by atoms with Gasteiger partial charge in [0.15, 0.2) is 6.39 Å². The third kappa shape index (κ3) is 1.78. The molecule has 0 aromatic carbocycles. The first-order chi connectivity index (χ1) is 6.77. The number of hydrogen-bond acceptors (Lipinski definition) is 3. The maximum absolute atomic E-state index is 11.2. The molecule has 4 heteroatoms. The molecule has 0 radical (unpaired) electrons. The topological polar surface area (TPSA) is 46.3 Å². The molecule has 2 rings (SSSR count). The van der Waals surface area contributed by atoms with Gasteiger partial charge in [0.2, 0.25) is 5.91 Å². The summed E-state index contributed by atoms with van der Waals surface area (Å²) in [6.07, 6.45) is 5.32. The molecule has 1 amide bonds. The van der Waals surface area contributed by atoms with Crippen LogP contribution in [-0.2, 0) is 4.79 Å². The van der Waals surface area contributed by atoms with Crippen molar-refractivity contribution in [1.82, 2.24) is 9.88 Å². The number of carbonyl (C=O) groups is 1. The van der Waals surface area contributed by atoms with E-state index in [0.717, 1.165) is 31.7 Å². The van der Waals surface area contributed by atoms with Crippen LogP contribution in [0.1, 0.15) is 31.4 Å². The van der Waals surface area contributed by atoms with Gasteiger partial charge >= 0.3 is 0 Å². The van der Waals surface area contributed by atoms with Crippen LogP contribution in [0.15, 0.2) is 17.0 Å². The Morgan fingerprint density at radius 2 is 2.57 bits per heavy atom. The summed E-state index contributed by atoms with van der Waals surface area (Å²) in [7, 11) is 0. The van der Waals surface area contributed by atoms with Gasteiger partial charge in [0.25, 0.3) is 0 Å². The molecule has 1 aromatic heterocycles. The molecule has 1 saturated heterocycles. The van der Waals surface area contributed by atoms with E-state index in [1.807, 2.05) is 4.90 Å². The molecule has 14 heavy (non-hydrogen) atoms. The molecule has 76 valence electrons. The lowest BCUT2D eigenvalue weighted by Gasteiger charge is -2.30. The molecule has 4 nitrogen and oxygen atoms in total. The summed E-state index contributed by atoms with van der Waals surface area (Å²) >= 11 is 0. The fourth-order valence-corrected chi connectivity index (χ4v) is 1.92. The molecular weight excluding hydrogens is 180 g/mol. The van der Waals surface area contributed by atoms with Crippen LogP contribution in [0.5, 0.6) is 0 Å².